The van der Waals surface area contributed by atoms with Crippen LogP contribution < -0.4 is 11.1 Å². The maximum Gasteiger partial charge on any atom is 0.234 e. The Morgan fingerprint density at radius 3 is 3.06 bits per heavy atom. The highest BCUT2D eigenvalue weighted by molar-refractivity contribution is 7.12. The van der Waals surface area contributed by atoms with Crippen LogP contribution in [0.25, 0.3) is 0 Å². The number of carbonyl (C=O) groups excluding carboxylic acids is 1. The molecule has 0 radical (unpaired) electrons. The lowest BCUT2D eigenvalue weighted by molar-refractivity contribution is -0.121. The Morgan fingerprint density at radius 2 is 2.44 bits per heavy atom. The second-order valence-corrected chi connectivity index (χ2v) is 4.30. The number of hydrogen-bond donors (Lipinski definition) is 4. The fourth-order valence-corrected chi connectivity index (χ4v) is 2.69. The van der Waals surface area contributed by atoms with Crippen molar-refractivity contribution in [3.63, 3.8) is 0 Å². The molecule has 6 nitrogen and oxygen atoms in total. The Hall–Kier alpha value is -1.44. The average Bonchev–Trinajstić information content (AvgIpc) is 2.82. The van der Waals surface area contributed by atoms with Gasteiger partial charge in [0.1, 0.15) is 11.8 Å². The van der Waals surface area contributed by atoms with Gasteiger partial charge in [-0.3, -0.25) is 4.79 Å². The van der Waals surface area contributed by atoms with Gasteiger partial charge < -0.3 is 21.4 Å². The summed E-state index contributed by atoms with van der Waals surface area (Å²) >= 11 is 1.35. The molecule has 1 aromatic heterocycles. The Kier molecular flexibility index (Phi) is 2.90. The van der Waals surface area contributed by atoms with Gasteiger partial charge in [-0.1, -0.05) is 5.16 Å². The topological polar surface area (TPSA) is 108 Å². The Balaban J connectivity index is 2.32. The summed E-state index contributed by atoms with van der Waals surface area (Å²) in [5, 5.41) is 26.1. The summed E-state index contributed by atoms with van der Waals surface area (Å²) in [7, 11) is 0. The van der Waals surface area contributed by atoms with E-state index in [0.29, 0.717) is 4.88 Å². The predicted molar refractivity (Wildman–Crippen MR) is 58.6 cm³/mol. The van der Waals surface area contributed by atoms with Crippen LogP contribution >= 0.6 is 11.3 Å². The van der Waals surface area contributed by atoms with Gasteiger partial charge in [0, 0.05) is 0 Å². The molecule has 86 valence electrons. The van der Waals surface area contributed by atoms with Crippen molar-refractivity contribution in [1.29, 1.82) is 0 Å². The zero-order chi connectivity index (χ0) is 11.7. The second-order valence-electron chi connectivity index (χ2n) is 3.38. The summed E-state index contributed by atoms with van der Waals surface area (Å²) < 4.78 is 0. The van der Waals surface area contributed by atoms with E-state index in [2.05, 4.69) is 10.5 Å². The van der Waals surface area contributed by atoms with Crippen LogP contribution in [-0.2, 0) is 4.79 Å². The molecule has 0 spiro atoms. The number of nitrogens with two attached hydrogens (primary N) is 1. The SMILES string of the molecule is NCC(=O)NC1c2ccsc2C(=NO)C1O. The number of amides is 1. The number of thiophene rings is 1. The molecular formula is C9H11N3O3S. The van der Waals surface area contributed by atoms with E-state index in [-0.39, 0.29) is 18.2 Å². The molecule has 1 aliphatic carbocycles. The Bertz CT molecular complexity index is 443. The first-order valence-corrected chi connectivity index (χ1v) is 5.54. The molecule has 2 unspecified atom stereocenters. The van der Waals surface area contributed by atoms with Crippen molar-refractivity contribution in [2.24, 2.45) is 10.9 Å². The highest BCUT2D eigenvalue weighted by Crippen LogP contribution is 2.35. The number of fused-ring (bicyclic) bond motifs is 1. The van der Waals surface area contributed by atoms with E-state index in [1.807, 2.05) is 5.38 Å². The zero-order valence-electron chi connectivity index (χ0n) is 8.25. The van der Waals surface area contributed by atoms with Crippen molar-refractivity contribution < 1.29 is 15.1 Å². The van der Waals surface area contributed by atoms with Crippen LogP contribution in [0.5, 0.6) is 0 Å². The van der Waals surface area contributed by atoms with Gasteiger partial charge in [0.25, 0.3) is 0 Å². The van der Waals surface area contributed by atoms with Crippen LogP contribution in [-0.4, -0.2) is 34.6 Å². The summed E-state index contributed by atoms with van der Waals surface area (Å²) in [5.74, 6) is -0.361. The van der Waals surface area contributed by atoms with Crippen molar-refractivity contribution in [3.8, 4) is 0 Å². The predicted octanol–water partition coefficient (Wildman–Crippen LogP) is -0.583. The third-order valence-corrected chi connectivity index (χ3v) is 3.42. The number of oxime groups is 1. The van der Waals surface area contributed by atoms with Crippen LogP contribution in [0.1, 0.15) is 16.5 Å². The molecule has 0 saturated carbocycles. The fraction of sp³-hybridized carbons (Fsp3) is 0.333. The van der Waals surface area contributed by atoms with Gasteiger partial charge in [0.2, 0.25) is 5.91 Å². The smallest absolute Gasteiger partial charge is 0.234 e. The molecule has 2 rings (SSSR count). The maximum absolute atomic E-state index is 11.2. The Morgan fingerprint density at radius 1 is 1.69 bits per heavy atom. The molecule has 1 amide bonds. The van der Waals surface area contributed by atoms with E-state index >= 15 is 0 Å². The lowest BCUT2D eigenvalue weighted by Crippen LogP contribution is -2.38. The van der Waals surface area contributed by atoms with Gasteiger partial charge in [-0.25, -0.2) is 0 Å². The van der Waals surface area contributed by atoms with E-state index in [0.717, 1.165) is 5.56 Å². The minimum absolute atomic E-state index is 0.145. The van der Waals surface area contributed by atoms with Gasteiger partial charge in [-0.2, -0.15) is 0 Å². The van der Waals surface area contributed by atoms with Crippen LogP contribution in [0, 0.1) is 0 Å². The number of aliphatic hydroxyl groups excluding tert-OH is 1. The number of rotatable bonds is 2. The van der Waals surface area contributed by atoms with Crippen LogP contribution in [0.4, 0.5) is 0 Å². The molecule has 2 atom stereocenters. The van der Waals surface area contributed by atoms with Crippen molar-refractivity contribution in [3.05, 3.63) is 21.9 Å². The largest absolute Gasteiger partial charge is 0.411 e. The van der Waals surface area contributed by atoms with E-state index in [9.17, 15) is 9.90 Å². The van der Waals surface area contributed by atoms with Crippen molar-refractivity contribution >= 4 is 23.0 Å². The molecule has 0 aliphatic heterocycles. The zero-order valence-corrected chi connectivity index (χ0v) is 9.07. The van der Waals surface area contributed by atoms with Gasteiger partial charge in [-0.15, -0.1) is 11.3 Å². The molecule has 1 heterocycles. The molecule has 1 aliphatic rings. The Labute approximate surface area is 95.4 Å². The van der Waals surface area contributed by atoms with Gasteiger partial charge in [0.15, 0.2) is 0 Å². The highest BCUT2D eigenvalue weighted by Gasteiger charge is 2.39. The lowest BCUT2D eigenvalue weighted by atomic mass is 10.1. The third kappa shape index (κ3) is 1.58. The minimum Gasteiger partial charge on any atom is -0.411 e. The number of hydrogen-bond acceptors (Lipinski definition) is 6. The van der Waals surface area contributed by atoms with Gasteiger partial charge in [-0.05, 0) is 17.0 Å². The number of nitrogens with zero attached hydrogens (tertiary/aromatic N) is 1. The third-order valence-electron chi connectivity index (χ3n) is 2.47. The first-order chi connectivity index (χ1) is 7.69. The molecule has 1 aromatic rings. The minimum atomic E-state index is -1.03. The average molecular weight is 241 g/mol. The summed E-state index contributed by atoms with van der Waals surface area (Å²) in [5.41, 5.74) is 6.13. The molecule has 0 bridgehead atoms. The molecule has 0 saturated heterocycles. The van der Waals surface area contributed by atoms with Gasteiger partial charge in [0.05, 0.1) is 17.5 Å². The quantitative estimate of drug-likeness (QED) is 0.410. The summed E-state index contributed by atoms with van der Waals surface area (Å²) in [6.45, 7) is -0.145. The molecule has 0 fully saturated rings. The summed E-state index contributed by atoms with van der Waals surface area (Å²) in [6.07, 6.45) is -1.03. The van der Waals surface area contributed by atoms with Crippen LogP contribution in [0.3, 0.4) is 0 Å². The van der Waals surface area contributed by atoms with Crippen molar-refractivity contribution in [2.75, 3.05) is 6.54 Å². The van der Waals surface area contributed by atoms with Crippen LogP contribution in [0.2, 0.25) is 0 Å². The standard InChI is InChI=1S/C9H11N3O3S/c10-3-5(13)11-6-4-1-2-16-9(4)7(12-15)8(6)14/h1-2,6,8,14-15H,3,10H2,(H,11,13). The number of aliphatic hydroxyl groups is 1. The lowest BCUT2D eigenvalue weighted by Gasteiger charge is -2.16. The second kappa shape index (κ2) is 4.20. The molecule has 0 aromatic carbocycles. The maximum atomic E-state index is 11.2. The first-order valence-electron chi connectivity index (χ1n) is 4.66. The van der Waals surface area contributed by atoms with Crippen LogP contribution in [0.15, 0.2) is 16.6 Å². The molecule has 7 heteroatoms. The van der Waals surface area contributed by atoms with E-state index in [1.54, 1.807) is 6.07 Å². The fourth-order valence-electron chi connectivity index (χ4n) is 1.73. The molecule has 5 N–H and O–H groups in total. The van der Waals surface area contributed by atoms with E-state index in [4.69, 9.17) is 10.9 Å². The van der Waals surface area contributed by atoms with Gasteiger partial charge >= 0.3 is 0 Å². The van der Waals surface area contributed by atoms with E-state index in [1.165, 1.54) is 11.3 Å². The normalized spacial score (nSPS) is 25.8. The summed E-state index contributed by atoms with van der Waals surface area (Å²) in [4.78, 5) is 11.9. The summed E-state index contributed by atoms with van der Waals surface area (Å²) in [6, 6.07) is 1.20. The highest BCUT2D eigenvalue weighted by atomic mass is 32.1. The molecular weight excluding hydrogens is 230 g/mol. The van der Waals surface area contributed by atoms with Crippen molar-refractivity contribution in [2.45, 2.75) is 12.1 Å². The first kappa shape index (κ1) is 11.1. The molecule has 16 heavy (non-hydrogen) atoms. The number of nitrogens with one attached hydrogen (secondary N) is 1. The van der Waals surface area contributed by atoms with Crippen molar-refractivity contribution in [1.82, 2.24) is 5.32 Å². The van der Waals surface area contributed by atoms with E-state index < -0.39 is 12.1 Å². The monoisotopic (exact) mass is 241 g/mol. The number of carbonyl (C=O) groups is 1.